The van der Waals surface area contributed by atoms with E-state index in [2.05, 4.69) is 10.3 Å². The second-order valence-electron chi connectivity index (χ2n) is 4.17. The fourth-order valence-corrected chi connectivity index (χ4v) is 2.13. The van der Waals surface area contributed by atoms with Gasteiger partial charge in [-0.25, -0.2) is 4.98 Å². The van der Waals surface area contributed by atoms with Crippen molar-refractivity contribution in [3.05, 3.63) is 40.3 Å². The summed E-state index contributed by atoms with van der Waals surface area (Å²) in [7, 11) is 1.62. The van der Waals surface area contributed by atoms with Crippen LogP contribution in [0.2, 0.25) is 0 Å². The molecule has 2 aromatic rings. The fourth-order valence-electron chi connectivity index (χ4n) is 1.60. The first-order valence-corrected chi connectivity index (χ1v) is 7.07. The molecular formula is C14H16N2O3S. The molecule has 0 aliphatic rings. The molecule has 0 bridgehead atoms. The van der Waals surface area contributed by atoms with E-state index in [1.165, 1.54) is 11.3 Å². The normalized spacial score (nSPS) is 10.3. The van der Waals surface area contributed by atoms with Crippen molar-refractivity contribution in [3.63, 3.8) is 0 Å². The number of rotatable bonds is 6. The lowest BCUT2D eigenvalue weighted by atomic mass is 10.2. The maximum Gasteiger partial charge on any atom is 0.275 e. The SMILES string of the molecule is COCCOc1cc(C)ccc1NC(=O)c1cscn1. The molecular weight excluding hydrogens is 276 g/mol. The standard InChI is InChI=1S/C14H16N2O3S/c1-10-3-4-11(13(7-10)19-6-5-18-2)16-14(17)12-8-20-9-15-12/h3-4,7-9H,5-6H2,1-2H3,(H,16,17). The number of carbonyl (C=O) groups excluding carboxylic acids is 1. The molecule has 0 aliphatic heterocycles. The predicted molar refractivity (Wildman–Crippen MR) is 78.6 cm³/mol. The van der Waals surface area contributed by atoms with Gasteiger partial charge in [-0.1, -0.05) is 6.07 Å². The van der Waals surface area contributed by atoms with Gasteiger partial charge in [0.15, 0.2) is 0 Å². The summed E-state index contributed by atoms with van der Waals surface area (Å²) in [5.41, 5.74) is 3.72. The summed E-state index contributed by atoms with van der Waals surface area (Å²) >= 11 is 1.38. The number of benzene rings is 1. The summed E-state index contributed by atoms with van der Waals surface area (Å²) in [6.07, 6.45) is 0. The molecule has 106 valence electrons. The van der Waals surface area contributed by atoms with Gasteiger partial charge in [0.25, 0.3) is 5.91 Å². The highest BCUT2D eigenvalue weighted by Crippen LogP contribution is 2.26. The first-order valence-electron chi connectivity index (χ1n) is 6.12. The maximum atomic E-state index is 12.0. The van der Waals surface area contributed by atoms with Crippen LogP contribution in [0.1, 0.15) is 16.1 Å². The van der Waals surface area contributed by atoms with Crippen molar-refractivity contribution in [2.45, 2.75) is 6.92 Å². The highest BCUT2D eigenvalue weighted by Gasteiger charge is 2.11. The van der Waals surface area contributed by atoms with E-state index in [0.717, 1.165) is 5.56 Å². The van der Waals surface area contributed by atoms with Crippen LogP contribution in [0.4, 0.5) is 5.69 Å². The van der Waals surface area contributed by atoms with Gasteiger partial charge in [-0.15, -0.1) is 11.3 Å². The lowest BCUT2D eigenvalue weighted by Crippen LogP contribution is -2.14. The maximum absolute atomic E-state index is 12.0. The van der Waals surface area contributed by atoms with Gasteiger partial charge in [-0.2, -0.15) is 0 Å². The average Bonchev–Trinajstić information content (AvgIpc) is 2.96. The second kappa shape index (κ2) is 7.02. The Kier molecular flexibility index (Phi) is 5.09. The monoisotopic (exact) mass is 292 g/mol. The van der Waals surface area contributed by atoms with Crippen molar-refractivity contribution in [2.75, 3.05) is 25.6 Å². The third-order valence-corrected chi connectivity index (χ3v) is 3.18. The van der Waals surface area contributed by atoms with E-state index in [1.807, 2.05) is 25.1 Å². The van der Waals surface area contributed by atoms with Crippen LogP contribution in [0, 0.1) is 6.92 Å². The summed E-state index contributed by atoms with van der Waals surface area (Å²) in [5.74, 6) is 0.386. The van der Waals surface area contributed by atoms with Crippen molar-refractivity contribution in [3.8, 4) is 5.75 Å². The zero-order chi connectivity index (χ0) is 14.4. The Hall–Kier alpha value is -1.92. The number of hydrogen-bond donors (Lipinski definition) is 1. The van der Waals surface area contributed by atoms with E-state index in [4.69, 9.17) is 9.47 Å². The number of aromatic nitrogens is 1. The van der Waals surface area contributed by atoms with E-state index in [9.17, 15) is 4.79 Å². The number of amides is 1. The third kappa shape index (κ3) is 3.79. The van der Waals surface area contributed by atoms with E-state index in [-0.39, 0.29) is 5.91 Å². The summed E-state index contributed by atoms with van der Waals surface area (Å²) in [4.78, 5) is 16.0. The minimum absolute atomic E-state index is 0.244. The van der Waals surface area contributed by atoms with Crippen molar-refractivity contribution in [2.24, 2.45) is 0 Å². The second-order valence-corrected chi connectivity index (χ2v) is 4.89. The summed E-state index contributed by atoms with van der Waals surface area (Å²) in [5, 5.41) is 4.51. The number of thiazole rings is 1. The lowest BCUT2D eigenvalue weighted by Gasteiger charge is -2.12. The molecule has 2 rings (SSSR count). The first kappa shape index (κ1) is 14.5. The van der Waals surface area contributed by atoms with Crippen molar-refractivity contribution < 1.29 is 14.3 Å². The molecule has 0 saturated heterocycles. The quantitative estimate of drug-likeness (QED) is 0.832. The Balaban J connectivity index is 2.11. The Bertz CT molecular complexity index is 570. The Morgan fingerprint density at radius 1 is 1.40 bits per heavy atom. The van der Waals surface area contributed by atoms with Crippen LogP contribution in [0.3, 0.4) is 0 Å². The number of aryl methyl sites for hydroxylation is 1. The van der Waals surface area contributed by atoms with Gasteiger partial charge in [0.2, 0.25) is 0 Å². The molecule has 0 aliphatic carbocycles. The lowest BCUT2D eigenvalue weighted by molar-refractivity contribution is 0.102. The van der Waals surface area contributed by atoms with E-state index >= 15 is 0 Å². The molecule has 5 nitrogen and oxygen atoms in total. The van der Waals surface area contributed by atoms with Crippen LogP contribution in [0.5, 0.6) is 5.75 Å². The molecule has 0 radical (unpaired) electrons. The minimum atomic E-state index is -0.244. The molecule has 0 atom stereocenters. The smallest absolute Gasteiger partial charge is 0.275 e. The highest BCUT2D eigenvalue weighted by atomic mass is 32.1. The molecule has 0 spiro atoms. The summed E-state index contributed by atoms with van der Waals surface area (Å²) in [6, 6.07) is 5.62. The Morgan fingerprint density at radius 3 is 2.95 bits per heavy atom. The van der Waals surface area contributed by atoms with Gasteiger partial charge in [0, 0.05) is 12.5 Å². The molecule has 0 unspecified atom stereocenters. The molecule has 1 aromatic heterocycles. The van der Waals surface area contributed by atoms with E-state index < -0.39 is 0 Å². The van der Waals surface area contributed by atoms with Gasteiger partial charge in [0.05, 0.1) is 17.8 Å². The molecule has 0 saturated carbocycles. The number of carbonyl (C=O) groups is 1. The molecule has 6 heteroatoms. The number of nitrogens with one attached hydrogen (secondary N) is 1. The van der Waals surface area contributed by atoms with Gasteiger partial charge in [-0.3, -0.25) is 4.79 Å². The predicted octanol–water partition coefficient (Wildman–Crippen LogP) is 2.73. The van der Waals surface area contributed by atoms with E-state index in [1.54, 1.807) is 18.0 Å². The zero-order valence-electron chi connectivity index (χ0n) is 11.4. The average molecular weight is 292 g/mol. The molecule has 0 fully saturated rings. The number of ether oxygens (including phenoxy) is 2. The molecule has 1 N–H and O–H groups in total. The minimum Gasteiger partial charge on any atom is -0.489 e. The highest BCUT2D eigenvalue weighted by molar-refractivity contribution is 7.07. The van der Waals surface area contributed by atoms with Crippen LogP contribution >= 0.6 is 11.3 Å². The number of hydrogen-bond acceptors (Lipinski definition) is 5. The first-order chi connectivity index (χ1) is 9.70. The van der Waals surface area contributed by atoms with Gasteiger partial charge >= 0.3 is 0 Å². The Morgan fingerprint density at radius 2 is 2.25 bits per heavy atom. The zero-order valence-corrected chi connectivity index (χ0v) is 12.2. The topological polar surface area (TPSA) is 60.5 Å². The van der Waals surface area contributed by atoms with Crippen molar-refractivity contribution in [1.82, 2.24) is 4.98 Å². The summed E-state index contributed by atoms with van der Waals surface area (Å²) in [6.45, 7) is 2.89. The molecule has 1 amide bonds. The number of nitrogens with zero attached hydrogens (tertiary/aromatic N) is 1. The van der Waals surface area contributed by atoms with Crippen molar-refractivity contribution >= 4 is 22.9 Å². The van der Waals surface area contributed by atoms with Gasteiger partial charge < -0.3 is 14.8 Å². The van der Waals surface area contributed by atoms with Gasteiger partial charge in [0.1, 0.15) is 18.1 Å². The van der Waals surface area contributed by atoms with Gasteiger partial charge in [-0.05, 0) is 24.6 Å². The molecule has 1 heterocycles. The van der Waals surface area contributed by atoms with Crippen LogP contribution in [0.25, 0.3) is 0 Å². The van der Waals surface area contributed by atoms with Crippen LogP contribution in [-0.4, -0.2) is 31.2 Å². The molecule has 20 heavy (non-hydrogen) atoms. The van der Waals surface area contributed by atoms with Crippen molar-refractivity contribution in [1.29, 1.82) is 0 Å². The van der Waals surface area contributed by atoms with Crippen LogP contribution in [0.15, 0.2) is 29.1 Å². The Labute approximate surface area is 121 Å². The number of anilines is 1. The summed E-state index contributed by atoms with van der Waals surface area (Å²) < 4.78 is 10.6. The largest absolute Gasteiger partial charge is 0.489 e. The van der Waals surface area contributed by atoms with E-state index in [0.29, 0.717) is 30.3 Å². The molecule has 1 aromatic carbocycles. The third-order valence-electron chi connectivity index (χ3n) is 2.60. The van der Waals surface area contributed by atoms with Crippen LogP contribution in [-0.2, 0) is 4.74 Å². The van der Waals surface area contributed by atoms with Crippen LogP contribution < -0.4 is 10.1 Å². The fraction of sp³-hybridized carbons (Fsp3) is 0.286. The number of methoxy groups -OCH3 is 1.